The summed E-state index contributed by atoms with van der Waals surface area (Å²) in [5.74, 6) is -0.0980. The summed E-state index contributed by atoms with van der Waals surface area (Å²) in [6.07, 6.45) is 12.4. The molecular weight excluding hydrogens is 292 g/mol. The molecule has 0 saturated heterocycles. The monoisotopic (exact) mass is 322 g/mol. The topological polar surface area (TPSA) is 75.1 Å². The Morgan fingerprint density at radius 1 is 1.04 bits per heavy atom. The summed E-state index contributed by atoms with van der Waals surface area (Å²) in [5.41, 5.74) is -0.509. The average Bonchev–Trinajstić information content (AvgIpc) is 2.54. The van der Waals surface area contributed by atoms with Crippen molar-refractivity contribution in [1.29, 1.82) is 0 Å². The number of rotatable bonds is 8. The first-order valence-electron chi connectivity index (χ1n) is 9.21. The van der Waals surface area contributed by atoms with Crippen LogP contribution in [0.15, 0.2) is 9.59 Å². The number of aromatic nitrogens is 2. The van der Waals surface area contributed by atoms with Crippen molar-refractivity contribution >= 4 is 0 Å². The lowest BCUT2D eigenvalue weighted by Crippen LogP contribution is -2.35. The number of aromatic hydroxyl groups is 1. The molecule has 1 saturated carbocycles. The smallest absolute Gasteiger partial charge is 0.331 e. The molecule has 23 heavy (non-hydrogen) atoms. The van der Waals surface area contributed by atoms with Crippen LogP contribution in [0.2, 0.25) is 0 Å². The van der Waals surface area contributed by atoms with Gasteiger partial charge in [-0.25, -0.2) is 4.79 Å². The third-order valence-electron chi connectivity index (χ3n) is 4.93. The van der Waals surface area contributed by atoms with Crippen LogP contribution >= 0.6 is 0 Å². The Bertz CT molecular complexity index is 597. The van der Waals surface area contributed by atoms with Crippen molar-refractivity contribution in [3.05, 3.63) is 26.4 Å². The van der Waals surface area contributed by atoms with Crippen LogP contribution in [-0.4, -0.2) is 14.7 Å². The van der Waals surface area contributed by atoms with Crippen LogP contribution in [0.1, 0.15) is 89.2 Å². The van der Waals surface area contributed by atoms with Crippen molar-refractivity contribution in [3.8, 4) is 5.88 Å². The van der Waals surface area contributed by atoms with E-state index >= 15 is 0 Å². The fraction of sp³-hybridized carbons (Fsp3) is 0.778. The molecule has 1 fully saturated rings. The maximum Gasteiger partial charge on any atom is 0.331 e. The van der Waals surface area contributed by atoms with Crippen molar-refractivity contribution in [3.63, 3.8) is 0 Å². The molecule has 1 aliphatic rings. The highest BCUT2D eigenvalue weighted by molar-refractivity contribution is 5.23. The predicted octanol–water partition coefficient (Wildman–Crippen LogP) is 3.65. The third kappa shape index (κ3) is 4.72. The van der Waals surface area contributed by atoms with Crippen LogP contribution in [0.3, 0.4) is 0 Å². The minimum Gasteiger partial charge on any atom is -0.494 e. The Morgan fingerprint density at radius 2 is 1.70 bits per heavy atom. The van der Waals surface area contributed by atoms with E-state index in [1.807, 2.05) is 0 Å². The molecule has 0 unspecified atom stereocenters. The molecule has 0 atom stereocenters. The minimum absolute atomic E-state index is 0.0244. The second kappa shape index (κ2) is 8.94. The Hall–Kier alpha value is -1.52. The fourth-order valence-electron chi connectivity index (χ4n) is 3.56. The van der Waals surface area contributed by atoms with E-state index in [9.17, 15) is 14.7 Å². The lowest BCUT2D eigenvalue weighted by Gasteiger charge is -2.25. The number of hydrogen-bond acceptors (Lipinski definition) is 3. The van der Waals surface area contributed by atoms with Gasteiger partial charge in [-0.3, -0.25) is 14.3 Å². The van der Waals surface area contributed by atoms with Gasteiger partial charge in [-0.2, -0.15) is 0 Å². The zero-order chi connectivity index (χ0) is 16.7. The van der Waals surface area contributed by atoms with Crippen LogP contribution < -0.4 is 11.2 Å². The lowest BCUT2D eigenvalue weighted by molar-refractivity contribution is 0.295. The Kier molecular flexibility index (Phi) is 6.93. The van der Waals surface area contributed by atoms with E-state index in [1.54, 1.807) is 0 Å². The van der Waals surface area contributed by atoms with E-state index in [4.69, 9.17) is 0 Å². The second-order valence-electron chi connectivity index (χ2n) is 6.74. The van der Waals surface area contributed by atoms with Gasteiger partial charge in [0.1, 0.15) is 0 Å². The normalized spacial score (nSPS) is 15.9. The van der Waals surface area contributed by atoms with Gasteiger partial charge in [-0.05, 0) is 25.7 Å². The standard InChI is InChI=1S/C18H30N2O3/c1-2-3-4-5-6-10-13-15-16(21)19-18(23)20(17(15)22)14-11-8-7-9-12-14/h14,22H,2-13H2,1H3,(H,19,21,23). The summed E-state index contributed by atoms with van der Waals surface area (Å²) < 4.78 is 1.42. The molecular formula is C18H30N2O3. The highest BCUT2D eigenvalue weighted by atomic mass is 16.3. The molecule has 1 aromatic heterocycles. The molecule has 5 nitrogen and oxygen atoms in total. The highest BCUT2D eigenvalue weighted by Gasteiger charge is 2.22. The summed E-state index contributed by atoms with van der Waals surface area (Å²) in [4.78, 5) is 26.5. The number of unbranched alkanes of at least 4 members (excludes halogenated alkanes) is 5. The molecule has 2 rings (SSSR count). The minimum atomic E-state index is -0.467. The van der Waals surface area contributed by atoms with Crippen LogP contribution in [-0.2, 0) is 6.42 Å². The SMILES string of the molecule is CCCCCCCCc1c(O)n(C2CCCCC2)c(=O)[nH]c1=O. The number of H-pyrrole nitrogens is 1. The van der Waals surface area contributed by atoms with Gasteiger partial charge >= 0.3 is 5.69 Å². The van der Waals surface area contributed by atoms with Gasteiger partial charge in [0.15, 0.2) is 0 Å². The van der Waals surface area contributed by atoms with Gasteiger partial charge in [0.05, 0.1) is 5.56 Å². The van der Waals surface area contributed by atoms with E-state index in [-0.39, 0.29) is 11.9 Å². The predicted molar refractivity (Wildman–Crippen MR) is 92.2 cm³/mol. The van der Waals surface area contributed by atoms with Gasteiger partial charge in [-0.15, -0.1) is 0 Å². The summed E-state index contributed by atoms with van der Waals surface area (Å²) >= 11 is 0. The van der Waals surface area contributed by atoms with Crippen molar-refractivity contribution in [2.45, 2.75) is 90.0 Å². The zero-order valence-corrected chi connectivity index (χ0v) is 14.3. The molecule has 0 amide bonds. The first kappa shape index (κ1) is 17.8. The molecule has 0 spiro atoms. The third-order valence-corrected chi connectivity index (χ3v) is 4.93. The maximum atomic E-state index is 12.1. The molecule has 2 N–H and O–H groups in total. The van der Waals surface area contributed by atoms with Crippen molar-refractivity contribution in [2.24, 2.45) is 0 Å². The number of aromatic amines is 1. The van der Waals surface area contributed by atoms with Crippen LogP contribution in [0.25, 0.3) is 0 Å². The molecule has 0 aromatic carbocycles. The molecule has 0 aliphatic heterocycles. The Balaban J connectivity index is 2.07. The summed E-state index contributed by atoms with van der Waals surface area (Å²) in [6, 6.07) is 0.0244. The second-order valence-corrected chi connectivity index (χ2v) is 6.74. The molecule has 1 heterocycles. The first-order chi connectivity index (χ1) is 11.1. The molecule has 1 aliphatic carbocycles. The van der Waals surface area contributed by atoms with Gasteiger partial charge in [-0.1, -0.05) is 58.3 Å². The van der Waals surface area contributed by atoms with E-state index in [0.717, 1.165) is 44.9 Å². The molecule has 130 valence electrons. The van der Waals surface area contributed by atoms with Gasteiger partial charge < -0.3 is 5.11 Å². The Morgan fingerprint density at radius 3 is 2.39 bits per heavy atom. The van der Waals surface area contributed by atoms with Crippen LogP contribution in [0.5, 0.6) is 5.88 Å². The van der Waals surface area contributed by atoms with Crippen molar-refractivity contribution < 1.29 is 5.11 Å². The number of nitrogens with one attached hydrogen (secondary N) is 1. The van der Waals surface area contributed by atoms with Gasteiger partial charge in [0.25, 0.3) is 5.56 Å². The zero-order valence-electron chi connectivity index (χ0n) is 14.3. The number of hydrogen-bond donors (Lipinski definition) is 2. The largest absolute Gasteiger partial charge is 0.494 e. The molecule has 0 bridgehead atoms. The quantitative estimate of drug-likeness (QED) is 0.717. The van der Waals surface area contributed by atoms with Crippen LogP contribution in [0.4, 0.5) is 0 Å². The van der Waals surface area contributed by atoms with E-state index in [1.165, 1.54) is 30.3 Å². The first-order valence-corrected chi connectivity index (χ1v) is 9.21. The highest BCUT2D eigenvalue weighted by Crippen LogP contribution is 2.30. The summed E-state index contributed by atoms with van der Waals surface area (Å²) in [6.45, 7) is 2.19. The maximum absolute atomic E-state index is 12.1. The fourth-order valence-corrected chi connectivity index (χ4v) is 3.56. The molecule has 1 aromatic rings. The van der Waals surface area contributed by atoms with E-state index in [2.05, 4.69) is 11.9 Å². The average molecular weight is 322 g/mol. The summed E-state index contributed by atoms with van der Waals surface area (Å²) in [7, 11) is 0. The summed E-state index contributed by atoms with van der Waals surface area (Å²) in [5, 5.41) is 10.5. The van der Waals surface area contributed by atoms with Gasteiger partial charge in [0, 0.05) is 6.04 Å². The van der Waals surface area contributed by atoms with Crippen molar-refractivity contribution in [1.82, 2.24) is 9.55 Å². The van der Waals surface area contributed by atoms with Crippen molar-refractivity contribution in [2.75, 3.05) is 0 Å². The van der Waals surface area contributed by atoms with Crippen LogP contribution in [0, 0.1) is 0 Å². The number of nitrogens with zero attached hydrogens (tertiary/aromatic N) is 1. The van der Waals surface area contributed by atoms with Gasteiger partial charge in [0.2, 0.25) is 5.88 Å². The molecule has 5 heteroatoms. The Labute approximate surface area is 137 Å². The lowest BCUT2D eigenvalue weighted by atomic mass is 9.95. The molecule has 0 radical (unpaired) electrons. The van der Waals surface area contributed by atoms with E-state index < -0.39 is 11.2 Å². The van der Waals surface area contributed by atoms with E-state index in [0.29, 0.717) is 12.0 Å².